The Kier molecular flexibility index (Phi) is 11.0. The lowest BCUT2D eigenvalue weighted by Gasteiger charge is -2.27. The minimum atomic E-state index is -4.81. The third-order valence-corrected chi connectivity index (χ3v) is 7.43. The first-order chi connectivity index (χ1) is 20.8. The number of nitrogens with one attached hydrogen (secondary N) is 1. The molecule has 45 heavy (non-hydrogen) atoms. The molecule has 2 aromatic carbocycles. The first-order valence-corrected chi connectivity index (χ1v) is 14.4. The van der Waals surface area contributed by atoms with Gasteiger partial charge in [0.25, 0.3) is 5.56 Å². The van der Waals surface area contributed by atoms with Crippen molar-refractivity contribution < 1.29 is 36.6 Å². The molecule has 1 unspecified atom stereocenters. The van der Waals surface area contributed by atoms with Crippen LogP contribution in [0.15, 0.2) is 41.3 Å². The second-order valence-corrected chi connectivity index (χ2v) is 12.1. The van der Waals surface area contributed by atoms with E-state index >= 15 is 4.39 Å². The van der Waals surface area contributed by atoms with Crippen LogP contribution in [-0.4, -0.2) is 40.5 Å². The number of carbonyl (C=O) groups is 2. The fraction of sp³-hybridized carbons (Fsp3) is 0.424. The lowest BCUT2D eigenvalue weighted by molar-refractivity contribution is -0.139. The second-order valence-electron chi connectivity index (χ2n) is 12.1. The molecule has 0 fully saturated rings. The van der Waals surface area contributed by atoms with E-state index in [-0.39, 0.29) is 35.6 Å². The number of benzene rings is 2. The quantitative estimate of drug-likeness (QED) is 0.229. The Labute approximate surface area is 258 Å². The van der Waals surface area contributed by atoms with Crippen LogP contribution in [0.4, 0.5) is 22.0 Å². The van der Waals surface area contributed by atoms with Gasteiger partial charge in [-0.1, -0.05) is 13.8 Å². The Balaban J connectivity index is 2.16. The number of carboxylic acid groups (broad SMARTS) is 1. The average Bonchev–Trinajstić information content (AvgIpc) is 2.87. The molecule has 244 valence electrons. The maximum atomic E-state index is 15.7. The van der Waals surface area contributed by atoms with E-state index in [1.54, 1.807) is 47.9 Å². The third-order valence-electron chi connectivity index (χ3n) is 7.43. The van der Waals surface area contributed by atoms with E-state index in [1.807, 2.05) is 0 Å². The summed E-state index contributed by atoms with van der Waals surface area (Å²) in [6, 6.07) is 3.30. The zero-order valence-corrected chi connectivity index (χ0v) is 26.3. The summed E-state index contributed by atoms with van der Waals surface area (Å²) in [7, 11) is 3.12. The molecule has 2 atom stereocenters. The van der Waals surface area contributed by atoms with Gasteiger partial charge in [-0.15, -0.1) is 0 Å². The molecule has 3 rings (SSSR count). The van der Waals surface area contributed by atoms with Gasteiger partial charge in [-0.3, -0.25) is 14.4 Å². The Morgan fingerprint density at radius 1 is 0.978 bits per heavy atom. The minimum absolute atomic E-state index is 0.0216. The highest BCUT2D eigenvalue weighted by Crippen LogP contribution is 2.35. The first kappa shape index (κ1) is 35.4. The van der Waals surface area contributed by atoms with Crippen molar-refractivity contribution >= 4 is 11.9 Å². The monoisotopic (exact) mass is 635 g/mol. The molecule has 1 aromatic heterocycles. The number of rotatable bonds is 11. The highest BCUT2D eigenvalue weighted by molar-refractivity contribution is 5.82. The molecule has 0 aliphatic rings. The van der Waals surface area contributed by atoms with E-state index in [2.05, 4.69) is 5.32 Å². The van der Waals surface area contributed by atoms with Crippen molar-refractivity contribution in [2.75, 3.05) is 14.1 Å². The first-order valence-electron chi connectivity index (χ1n) is 14.4. The summed E-state index contributed by atoms with van der Waals surface area (Å²) in [4.78, 5) is 40.3. The van der Waals surface area contributed by atoms with Gasteiger partial charge >= 0.3 is 12.1 Å². The Bertz CT molecular complexity index is 1620. The molecule has 2 N–H and O–H groups in total. The van der Waals surface area contributed by atoms with Crippen LogP contribution in [0.2, 0.25) is 0 Å². The average molecular weight is 636 g/mol. The number of hydrogen-bond acceptors (Lipinski definition) is 4. The SMILES string of the molecule is Cc1cc(-c2c(C)cc(F)cc2C)cc([C@H](CC(=O)O)NC(=O)C(CC(C)C)n2cc(CN(C)C)c(C(F)(F)F)cc2=O)c1F. The molecule has 12 heteroatoms. The number of alkyl halides is 3. The predicted octanol–water partition coefficient (Wildman–Crippen LogP) is 6.72. The van der Waals surface area contributed by atoms with Gasteiger partial charge in [0.15, 0.2) is 0 Å². The molecule has 0 radical (unpaired) electrons. The molecule has 0 bridgehead atoms. The molecular formula is C33H38F5N3O4. The summed E-state index contributed by atoms with van der Waals surface area (Å²) in [6.07, 6.45) is -4.51. The van der Waals surface area contributed by atoms with Crippen molar-refractivity contribution in [3.8, 4) is 11.1 Å². The molecule has 0 spiro atoms. The van der Waals surface area contributed by atoms with Crippen LogP contribution < -0.4 is 10.9 Å². The molecular weight excluding hydrogens is 597 g/mol. The van der Waals surface area contributed by atoms with Crippen LogP contribution in [0.5, 0.6) is 0 Å². The van der Waals surface area contributed by atoms with E-state index in [0.717, 1.165) is 10.8 Å². The second kappa shape index (κ2) is 13.9. The lowest BCUT2D eigenvalue weighted by atomic mass is 9.90. The van der Waals surface area contributed by atoms with Crippen molar-refractivity contribution in [1.82, 2.24) is 14.8 Å². The molecule has 1 amide bonds. The van der Waals surface area contributed by atoms with Crippen LogP contribution >= 0.6 is 0 Å². The van der Waals surface area contributed by atoms with Gasteiger partial charge in [0.1, 0.15) is 17.7 Å². The van der Waals surface area contributed by atoms with Crippen LogP contribution in [0.1, 0.15) is 72.2 Å². The topological polar surface area (TPSA) is 91.6 Å². The summed E-state index contributed by atoms with van der Waals surface area (Å²) in [5, 5.41) is 12.3. The van der Waals surface area contributed by atoms with Crippen LogP contribution in [0.3, 0.4) is 0 Å². The van der Waals surface area contributed by atoms with Gasteiger partial charge in [0.05, 0.1) is 18.0 Å². The van der Waals surface area contributed by atoms with Gasteiger partial charge in [-0.25, -0.2) is 8.78 Å². The minimum Gasteiger partial charge on any atom is -0.481 e. The van der Waals surface area contributed by atoms with E-state index in [1.165, 1.54) is 30.0 Å². The molecule has 0 aliphatic carbocycles. The standard InChI is InChI=1S/C33H38F5N3O4/c1-17(2)8-27(41-16-22(15-40(6)7)25(13-28(41)42)33(36,37)38)32(45)39-26(14-29(43)44)24-12-21(9-20(5)31(24)35)30-18(3)10-23(34)11-19(30)4/h9-13,16-17,26-27H,8,14-15H2,1-7H3,(H,39,45)(H,43,44)/t26-,27?/m0/s1. The van der Waals surface area contributed by atoms with Crippen molar-refractivity contribution in [3.63, 3.8) is 0 Å². The smallest absolute Gasteiger partial charge is 0.416 e. The van der Waals surface area contributed by atoms with E-state index in [0.29, 0.717) is 28.3 Å². The Morgan fingerprint density at radius 2 is 1.58 bits per heavy atom. The van der Waals surface area contributed by atoms with E-state index in [9.17, 15) is 37.1 Å². The number of carbonyl (C=O) groups excluding carboxylic acids is 1. The van der Waals surface area contributed by atoms with Crippen molar-refractivity contribution in [3.05, 3.63) is 91.9 Å². The number of nitrogens with zero attached hydrogens (tertiary/aromatic N) is 2. The molecule has 1 heterocycles. The largest absolute Gasteiger partial charge is 0.481 e. The number of carboxylic acids is 1. The van der Waals surface area contributed by atoms with Crippen LogP contribution in [0, 0.1) is 38.3 Å². The predicted molar refractivity (Wildman–Crippen MR) is 161 cm³/mol. The van der Waals surface area contributed by atoms with Gasteiger partial charge in [-0.2, -0.15) is 13.2 Å². The van der Waals surface area contributed by atoms with Gasteiger partial charge < -0.3 is 19.9 Å². The van der Waals surface area contributed by atoms with Gasteiger partial charge in [0, 0.05) is 24.4 Å². The number of halogens is 5. The normalized spacial score (nSPS) is 13.3. The maximum Gasteiger partial charge on any atom is 0.416 e. The lowest BCUT2D eigenvalue weighted by Crippen LogP contribution is -2.41. The zero-order valence-electron chi connectivity index (χ0n) is 26.3. The number of aromatic nitrogens is 1. The van der Waals surface area contributed by atoms with Gasteiger partial charge in [0.2, 0.25) is 5.91 Å². The number of amides is 1. The van der Waals surface area contributed by atoms with E-state index < -0.39 is 59.3 Å². The zero-order chi connectivity index (χ0) is 34.0. The third kappa shape index (κ3) is 8.56. The van der Waals surface area contributed by atoms with Gasteiger partial charge in [-0.05, 0) is 105 Å². The van der Waals surface area contributed by atoms with Crippen molar-refractivity contribution in [1.29, 1.82) is 0 Å². The number of aryl methyl sites for hydroxylation is 3. The highest BCUT2D eigenvalue weighted by Gasteiger charge is 2.36. The molecule has 7 nitrogen and oxygen atoms in total. The summed E-state index contributed by atoms with van der Waals surface area (Å²) in [5.41, 5.74) is -0.168. The molecule has 0 saturated heterocycles. The Hall–Kier alpha value is -4.06. The summed E-state index contributed by atoms with van der Waals surface area (Å²) < 4.78 is 72.0. The summed E-state index contributed by atoms with van der Waals surface area (Å²) >= 11 is 0. The summed E-state index contributed by atoms with van der Waals surface area (Å²) in [6.45, 7) is 8.18. The fourth-order valence-corrected chi connectivity index (χ4v) is 5.60. The highest BCUT2D eigenvalue weighted by atomic mass is 19.4. The van der Waals surface area contributed by atoms with Crippen LogP contribution in [0.25, 0.3) is 11.1 Å². The van der Waals surface area contributed by atoms with Crippen molar-refractivity contribution in [2.24, 2.45) is 5.92 Å². The van der Waals surface area contributed by atoms with E-state index in [4.69, 9.17) is 0 Å². The Morgan fingerprint density at radius 3 is 2.09 bits per heavy atom. The number of aliphatic carboxylic acids is 1. The van der Waals surface area contributed by atoms with Crippen molar-refractivity contribution in [2.45, 2.75) is 72.3 Å². The molecule has 3 aromatic rings. The number of hydrogen-bond donors (Lipinski definition) is 2. The molecule has 0 saturated carbocycles. The summed E-state index contributed by atoms with van der Waals surface area (Å²) in [5.74, 6) is -3.63. The molecule has 0 aliphatic heterocycles. The fourth-order valence-electron chi connectivity index (χ4n) is 5.60. The maximum absolute atomic E-state index is 15.7. The number of pyridine rings is 1. The van der Waals surface area contributed by atoms with Crippen LogP contribution in [-0.2, 0) is 22.3 Å².